The van der Waals surface area contributed by atoms with E-state index in [2.05, 4.69) is 5.32 Å². The van der Waals surface area contributed by atoms with Crippen LogP contribution in [0.15, 0.2) is 33.8 Å². The molecule has 10 heteroatoms. The Hall–Kier alpha value is -2.85. The van der Waals surface area contributed by atoms with Crippen molar-refractivity contribution in [2.45, 2.75) is 12.0 Å². The largest absolute Gasteiger partial charge is 0.495 e. The summed E-state index contributed by atoms with van der Waals surface area (Å²) >= 11 is 0. The van der Waals surface area contributed by atoms with Gasteiger partial charge in [-0.1, -0.05) is 0 Å². The number of amides is 1. The quantitative estimate of drug-likeness (QED) is 0.780. The summed E-state index contributed by atoms with van der Waals surface area (Å²) in [4.78, 5) is 23.5. The van der Waals surface area contributed by atoms with Crippen LogP contribution in [-0.4, -0.2) is 50.9 Å². The van der Waals surface area contributed by atoms with Gasteiger partial charge in [0.15, 0.2) is 0 Å². The fourth-order valence-corrected chi connectivity index (χ4v) is 2.96. The summed E-state index contributed by atoms with van der Waals surface area (Å²) < 4.78 is 35.5. The predicted octanol–water partition coefficient (Wildman–Crippen LogP) is 1.80. The number of carboxylic acid groups (broad SMARTS) is 1. The SMILES string of the molecule is COc1cc(C(=O)O)ccc1NC(=O)c1cc(S(=O)(=O)N(C)C)oc1C. The minimum absolute atomic E-state index is 0.00120. The molecule has 2 N–H and O–H groups in total. The molecule has 1 aromatic carbocycles. The highest BCUT2D eigenvalue weighted by Gasteiger charge is 2.26. The van der Waals surface area contributed by atoms with E-state index < -0.39 is 21.9 Å². The summed E-state index contributed by atoms with van der Waals surface area (Å²) in [7, 11) is 0.217. The molecule has 0 spiro atoms. The second kappa shape index (κ2) is 7.18. The number of rotatable bonds is 6. The molecule has 0 saturated carbocycles. The second-order valence-electron chi connectivity index (χ2n) is 5.50. The molecule has 0 saturated heterocycles. The lowest BCUT2D eigenvalue weighted by molar-refractivity contribution is 0.0696. The Morgan fingerprint density at radius 2 is 1.88 bits per heavy atom. The van der Waals surface area contributed by atoms with Crippen LogP contribution in [0.2, 0.25) is 0 Å². The third kappa shape index (κ3) is 3.70. The highest BCUT2D eigenvalue weighted by Crippen LogP contribution is 2.28. The van der Waals surface area contributed by atoms with Crippen molar-refractivity contribution in [1.82, 2.24) is 4.31 Å². The van der Waals surface area contributed by atoms with Crippen LogP contribution in [-0.2, 0) is 10.0 Å². The molecule has 0 aliphatic heterocycles. The number of furan rings is 1. The van der Waals surface area contributed by atoms with Crippen molar-refractivity contribution >= 4 is 27.6 Å². The fourth-order valence-electron chi connectivity index (χ4n) is 2.10. The van der Waals surface area contributed by atoms with Gasteiger partial charge in [-0.2, -0.15) is 0 Å². The Morgan fingerprint density at radius 1 is 1.23 bits per heavy atom. The summed E-state index contributed by atoms with van der Waals surface area (Å²) in [5, 5.41) is 11.2. The van der Waals surface area contributed by atoms with E-state index in [0.717, 1.165) is 10.4 Å². The van der Waals surface area contributed by atoms with Crippen molar-refractivity contribution < 1.29 is 32.3 Å². The zero-order valence-electron chi connectivity index (χ0n) is 14.6. The molecule has 0 atom stereocenters. The van der Waals surface area contributed by atoms with Crippen molar-refractivity contribution in [3.8, 4) is 5.75 Å². The number of carboxylic acids is 1. The Bertz CT molecular complexity index is 961. The number of aromatic carboxylic acids is 1. The van der Waals surface area contributed by atoms with Gasteiger partial charge in [0.25, 0.3) is 15.9 Å². The third-order valence-corrected chi connectivity index (χ3v) is 5.24. The Morgan fingerprint density at radius 3 is 2.42 bits per heavy atom. The lowest BCUT2D eigenvalue weighted by atomic mass is 10.1. The van der Waals surface area contributed by atoms with Crippen LogP contribution in [0.5, 0.6) is 5.75 Å². The van der Waals surface area contributed by atoms with Gasteiger partial charge in [-0.15, -0.1) is 0 Å². The molecule has 0 fully saturated rings. The van der Waals surface area contributed by atoms with Gasteiger partial charge < -0.3 is 19.6 Å². The number of sulfonamides is 1. The van der Waals surface area contributed by atoms with Crippen molar-refractivity contribution in [2.75, 3.05) is 26.5 Å². The van der Waals surface area contributed by atoms with Gasteiger partial charge in [-0.3, -0.25) is 4.79 Å². The van der Waals surface area contributed by atoms with Crippen LogP contribution in [0.25, 0.3) is 0 Å². The number of anilines is 1. The number of ether oxygens (including phenoxy) is 1. The zero-order valence-corrected chi connectivity index (χ0v) is 15.4. The molecular weight excluding hydrogens is 364 g/mol. The maximum atomic E-state index is 12.5. The molecule has 26 heavy (non-hydrogen) atoms. The number of aryl methyl sites for hydroxylation is 1. The molecule has 0 radical (unpaired) electrons. The molecule has 0 unspecified atom stereocenters. The topological polar surface area (TPSA) is 126 Å². The first kappa shape index (κ1) is 19.5. The van der Waals surface area contributed by atoms with Crippen LogP contribution >= 0.6 is 0 Å². The number of hydrogen-bond acceptors (Lipinski definition) is 6. The highest BCUT2D eigenvalue weighted by atomic mass is 32.2. The Balaban J connectivity index is 2.34. The summed E-state index contributed by atoms with van der Waals surface area (Å²) in [6.45, 7) is 1.47. The number of methoxy groups -OCH3 is 1. The van der Waals surface area contributed by atoms with Crippen molar-refractivity contribution in [3.63, 3.8) is 0 Å². The standard InChI is InChI=1S/C16H18N2O7S/c1-9-11(8-14(25-9)26(22,23)18(2)3)15(19)17-12-6-5-10(16(20)21)7-13(12)24-4/h5-8H,1-4H3,(H,17,19)(H,20,21). The van der Waals surface area contributed by atoms with Gasteiger partial charge >= 0.3 is 5.97 Å². The molecule has 0 bridgehead atoms. The van der Waals surface area contributed by atoms with E-state index in [4.69, 9.17) is 14.3 Å². The van der Waals surface area contributed by atoms with Gasteiger partial charge in [0, 0.05) is 20.2 Å². The average Bonchev–Trinajstić information content (AvgIpc) is 2.97. The molecule has 0 aliphatic carbocycles. The lowest BCUT2D eigenvalue weighted by Gasteiger charge is -2.10. The number of carbonyl (C=O) groups excluding carboxylic acids is 1. The van der Waals surface area contributed by atoms with E-state index in [1.807, 2.05) is 0 Å². The van der Waals surface area contributed by atoms with E-state index in [-0.39, 0.29) is 33.4 Å². The molecule has 0 aliphatic rings. The molecule has 1 amide bonds. The van der Waals surface area contributed by atoms with Crippen molar-refractivity contribution in [3.05, 3.63) is 41.2 Å². The minimum Gasteiger partial charge on any atom is -0.495 e. The predicted molar refractivity (Wildman–Crippen MR) is 92.2 cm³/mol. The van der Waals surface area contributed by atoms with Gasteiger partial charge in [0.05, 0.1) is 23.9 Å². The first-order valence-electron chi connectivity index (χ1n) is 7.33. The summed E-state index contributed by atoms with van der Waals surface area (Å²) in [6, 6.07) is 5.10. The Labute approximate surface area is 150 Å². The minimum atomic E-state index is -3.82. The molecule has 9 nitrogen and oxygen atoms in total. The van der Waals surface area contributed by atoms with Crippen LogP contribution in [0.3, 0.4) is 0 Å². The van der Waals surface area contributed by atoms with Crippen LogP contribution in [0, 0.1) is 6.92 Å². The van der Waals surface area contributed by atoms with Crippen LogP contribution in [0.1, 0.15) is 26.5 Å². The van der Waals surface area contributed by atoms with E-state index in [1.54, 1.807) is 0 Å². The average molecular weight is 382 g/mol. The molecule has 1 heterocycles. The summed E-state index contributed by atoms with van der Waals surface area (Å²) in [6.07, 6.45) is 0. The smallest absolute Gasteiger partial charge is 0.335 e. The fraction of sp³-hybridized carbons (Fsp3) is 0.250. The molecule has 1 aromatic heterocycles. The van der Waals surface area contributed by atoms with Crippen LogP contribution in [0.4, 0.5) is 5.69 Å². The summed E-state index contributed by atoms with van der Waals surface area (Å²) in [5.41, 5.74) is 0.272. The Kier molecular flexibility index (Phi) is 5.38. The maximum Gasteiger partial charge on any atom is 0.335 e. The number of nitrogens with one attached hydrogen (secondary N) is 1. The van der Waals surface area contributed by atoms with E-state index >= 15 is 0 Å². The number of nitrogens with zero attached hydrogens (tertiary/aromatic N) is 1. The third-order valence-electron chi connectivity index (χ3n) is 3.57. The van der Waals surface area contributed by atoms with Crippen molar-refractivity contribution in [1.29, 1.82) is 0 Å². The maximum absolute atomic E-state index is 12.5. The molecule has 2 rings (SSSR count). The van der Waals surface area contributed by atoms with Gasteiger partial charge in [-0.05, 0) is 25.1 Å². The molecular formula is C16H18N2O7S. The lowest BCUT2D eigenvalue weighted by Crippen LogP contribution is -2.21. The van der Waals surface area contributed by atoms with E-state index in [9.17, 15) is 18.0 Å². The molecule has 2 aromatic rings. The van der Waals surface area contributed by atoms with E-state index in [0.29, 0.717) is 0 Å². The number of benzene rings is 1. The number of carbonyl (C=O) groups is 2. The summed E-state index contributed by atoms with van der Waals surface area (Å²) in [5.74, 6) is -1.47. The normalized spacial score (nSPS) is 11.4. The van der Waals surface area contributed by atoms with Crippen molar-refractivity contribution in [2.24, 2.45) is 0 Å². The monoisotopic (exact) mass is 382 g/mol. The first-order chi connectivity index (χ1) is 12.1. The highest BCUT2D eigenvalue weighted by molar-refractivity contribution is 7.88. The van der Waals surface area contributed by atoms with E-state index in [1.165, 1.54) is 46.3 Å². The van der Waals surface area contributed by atoms with Gasteiger partial charge in [0.2, 0.25) is 5.09 Å². The first-order valence-corrected chi connectivity index (χ1v) is 8.77. The number of hydrogen-bond donors (Lipinski definition) is 2. The molecule has 140 valence electrons. The second-order valence-corrected chi connectivity index (χ2v) is 7.58. The zero-order chi connectivity index (χ0) is 19.6. The van der Waals surface area contributed by atoms with Gasteiger partial charge in [-0.25, -0.2) is 17.5 Å². The van der Waals surface area contributed by atoms with Crippen LogP contribution < -0.4 is 10.1 Å². The van der Waals surface area contributed by atoms with Gasteiger partial charge in [0.1, 0.15) is 11.5 Å².